The van der Waals surface area contributed by atoms with Gasteiger partial charge in [-0.3, -0.25) is 14.9 Å². The molecule has 0 unspecified atom stereocenters. The van der Waals surface area contributed by atoms with Crippen LogP contribution in [0.3, 0.4) is 0 Å². The van der Waals surface area contributed by atoms with E-state index in [-0.39, 0.29) is 12.3 Å². The predicted molar refractivity (Wildman–Crippen MR) is 125 cm³/mol. The lowest BCUT2D eigenvalue weighted by Gasteiger charge is -2.11. The van der Waals surface area contributed by atoms with Crippen LogP contribution < -0.4 is 24.4 Å². The van der Waals surface area contributed by atoms with E-state index in [9.17, 15) is 14.9 Å². The zero-order valence-electron chi connectivity index (χ0n) is 18.8. The van der Waals surface area contributed by atoms with Crippen LogP contribution in [0.5, 0.6) is 23.0 Å². The van der Waals surface area contributed by atoms with Crippen molar-refractivity contribution < 1.29 is 28.7 Å². The second-order valence-corrected chi connectivity index (χ2v) is 6.89. The summed E-state index contributed by atoms with van der Waals surface area (Å²) in [6.07, 6.45) is 1.47. The van der Waals surface area contributed by atoms with Gasteiger partial charge in [0.15, 0.2) is 11.5 Å². The Morgan fingerprint density at radius 1 is 0.941 bits per heavy atom. The minimum Gasteiger partial charge on any atom is -0.497 e. The highest BCUT2D eigenvalue weighted by molar-refractivity contribution is 5.97. The third kappa shape index (κ3) is 6.00. The highest BCUT2D eigenvalue weighted by atomic mass is 16.6. The van der Waals surface area contributed by atoms with Gasteiger partial charge in [-0.05, 0) is 53.6 Å². The van der Waals surface area contributed by atoms with Gasteiger partial charge in [0.25, 0.3) is 11.6 Å². The smallest absolute Gasteiger partial charge is 0.275 e. The lowest BCUT2D eigenvalue weighted by molar-refractivity contribution is -0.384. The minimum absolute atomic E-state index is 0.0162. The van der Waals surface area contributed by atoms with E-state index in [0.29, 0.717) is 34.1 Å². The summed E-state index contributed by atoms with van der Waals surface area (Å²) in [6.45, 7) is 0.210. The molecule has 10 heteroatoms. The molecule has 0 aliphatic rings. The number of methoxy groups -OCH3 is 3. The van der Waals surface area contributed by atoms with Crippen molar-refractivity contribution in [2.24, 2.45) is 5.10 Å². The van der Waals surface area contributed by atoms with Crippen molar-refractivity contribution in [3.8, 4) is 23.0 Å². The van der Waals surface area contributed by atoms with Crippen molar-refractivity contribution in [1.29, 1.82) is 0 Å². The van der Waals surface area contributed by atoms with Crippen LogP contribution in [0, 0.1) is 10.1 Å². The number of nitro groups is 1. The van der Waals surface area contributed by atoms with E-state index in [2.05, 4.69) is 10.5 Å². The number of nitro benzene ring substituents is 1. The van der Waals surface area contributed by atoms with Crippen LogP contribution in [0.1, 0.15) is 21.5 Å². The topological polar surface area (TPSA) is 122 Å². The average molecular weight is 465 g/mol. The average Bonchev–Trinajstić information content (AvgIpc) is 2.87. The maximum absolute atomic E-state index is 12.4. The molecule has 0 atom stereocenters. The molecule has 0 bridgehead atoms. The maximum Gasteiger partial charge on any atom is 0.275 e. The van der Waals surface area contributed by atoms with Crippen molar-refractivity contribution in [3.63, 3.8) is 0 Å². The largest absolute Gasteiger partial charge is 0.497 e. The molecule has 10 nitrogen and oxygen atoms in total. The van der Waals surface area contributed by atoms with Crippen LogP contribution >= 0.6 is 0 Å². The van der Waals surface area contributed by atoms with Crippen molar-refractivity contribution in [3.05, 3.63) is 87.5 Å². The number of hydrogen-bond acceptors (Lipinski definition) is 8. The SMILES string of the molecule is COc1ccc(C(=O)N/N=C\c2ccc(OCc3ccc([N+](=O)[O-])cc3)c(OC)c2)c(OC)c1. The van der Waals surface area contributed by atoms with Gasteiger partial charge in [-0.25, -0.2) is 5.43 Å². The van der Waals surface area contributed by atoms with Gasteiger partial charge in [0.05, 0.1) is 38.0 Å². The molecule has 0 spiro atoms. The molecule has 0 aromatic heterocycles. The fourth-order valence-corrected chi connectivity index (χ4v) is 2.97. The number of carbonyl (C=O) groups is 1. The summed E-state index contributed by atoms with van der Waals surface area (Å²) in [5, 5.41) is 14.8. The zero-order valence-corrected chi connectivity index (χ0v) is 18.8. The Bertz CT molecular complexity index is 1190. The number of rotatable bonds is 10. The quantitative estimate of drug-likeness (QED) is 0.273. The summed E-state index contributed by atoms with van der Waals surface area (Å²) in [5.74, 6) is 1.45. The second-order valence-electron chi connectivity index (χ2n) is 6.89. The lowest BCUT2D eigenvalue weighted by Crippen LogP contribution is -2.18. The van der Waals surface area contributed by atoms with E-state index in [4.69, 9.17) is 18.9 Å². The highest BCUT2D eigenvalue weighted by Crippen LogP contribution is 2.29. The molecule has 3 rings (SSSR count). The summed E-state index contributed by atoms with van der Waals surface area (Å²) in [6, 6.07) is 16.1. The predicted octanol–water partition coefficient (Wildman–Crippen LogP) is 3.96. The van der Waals surface area contributed by atoms with Gasteiger partial charge in [-0.2, -0.15) is 5.10 Å². The fraction of sp³-hybridized carbons (Fsp3) is 0.167. The van der Waals surface area contributed by atoms with E-state index < -0.39 is 10.8 Å². The molecule has 1 amide bonds. The van der Waals surface area contributed by atoms with Crippen molar-refractivity contribution in [2.75, 3.05) is 21.3 Å². The molecule has 1 N–H and O–H groups in total. The molecule has 0 saturated heterocycles. The highest BCUT2D eigenvalue weighted by Gasteiger charge is 2.13. The third-order valence-corrected chi connectivity index (χ3v) is 4.76. The first-order valence-corrected chi connectivity index (χ1v) is 10.0. The number of nitrogens with zero attached hydrogens (tertiary/aromatic N) is 2. The first-order valence-electron chi connectivity index (χ1n) is 10.0. The summed E-state index contributed by atoms with van der Waals surface area (Å²) < 4.78 is 21.5. The Balaban J connectivity index is 1.63. The van der Waals surface area contributed by atoms with Gasteiger partial charge >= 0.3 is 0 Å². The molecule has 176 valence electrons. The van der Waals surface area contributed by atoms with Crippen molar-refractivity contribution in [1.82, 2.24) is 5.43 Å². The molecular weight excluding hydrogens is 442 g/mol. The van der Waals surface area contributed by atoms with Crippen LogP contribution in [-0.2, 0) is 6.61 Å². The Morgan fingerprint density at radius 3 is 2.32 bits per heavy atom. The fourth-order valence-electron chi connectivity index (χ4n) is 2.97. The monoisotopic (exact) mass is 465 g/mol. The molecule has 0 aliphatic heterocycles. The van der Waals surface area contributed by atoms with Crippen LogP contribution in [0.15, 0.2) is 65.8 Å². The van der Waals surface area contributed by atoms with Crippen molar-refractivity contribution >= 4 is 17.8 Å². The van der Waals surface area contributed by atoms with Crippen LogP contribution in [-0.4, -0.2) is 38.4 Å². The number of non-ortho nitro benzene ring substituents is 1. The van der Waals surface area contributed by atoms with Gasteiger partial charge in [-0.1, -0.05) is 0 Å². The molecule has 0 radical (unpaired) electrons. The Labute approximate surface area is 195 Å². The first-order chi connectivity index (χ1) is 16.4. The third-order valence-electron chi connectivity index (χ3n) is 4.76. The lowest BCUT2D eigenvalue weighted by atomic mass is 10.2. The Morgan fingerprint density at radius 2 is 1.68 bits per heavy atom. The van der Waals surface area contributed by atoms with Gasteiger partial charge in [-0.15, -0.1) is 0 Å². The van der Waals surface area contributed by atoms with Crippen molar-refractivity contribution in [2.45, 2.75) is 6.61 Å². The molecule has 0 aliphatic carbocycles. The van der Waals surface area contributed by atoms with E-state index >= 15 is 0 Å². The van der Waals surface area contributed by atoms with Gasteiger partial charge in [0.1, 0.15) is 18.1 Å². The van der Waals surface area contributed by atoms with Crippen LogP contribution in [0.2, 0.25) is 0 Å². The van der Waals surface area contributed by atoms with E-state index in [0.717, 1.165) is 5.56 Å². The standard InChI is InChI=1S/C24H23N3O7/c1-31-19-9-10-20(22(13-19)32-2)24(28)26-25-14-17-6-11-21(23(12-17)33-3)34-15-16-4-7-18(8-5-16)27(29)30/h4-14H,15H2,1-3H3,(H,26,28)/b25-14-. The molecule has 0 fully saturated rings. The summed E-state index contributed by atoms with van der Waals surface area (Å²) in [5.41, 5.74) is 4.23. The minimum atomic E-state index is -0.454. The molecule has 3 aromatic rings. The van der Waals surface area contributed by atoms with Gasteiger partial charge < -0.3 is 18.9 Å². The maximum atomic E-state index is 12.4. The molecule has 0 saturated carbocycles. The van der Waals surface area contributed by atoms with Gasteiger partial charge in [0, 0.05) is 18.2 Å². The zero-order chi connectivity index (χ0) is 24.5. The Hall–Kier alpha value is -4.60. The van der Waals surface area contributed by atoms with E-state index in [1.54, 1.807) is 48.5 Å². The van der Waals surface area contributed by atoms with Crippen LogP contribution in [0.25, 0.3) is 0 Å². The number of hydrogen-bond donors (Lipinski definition) is 1. The van der Waals surface area contributed by atoms with Gasteiger partial charge in [0.2, 0.25) is 0 Å². The summed E-state index contributed by atoms with van der Waals surface area (Å²) >= 11 is 0. The number of nitrogens with one attached hydrogen (secondary N) is 1. The second kappa shape index (κ2) is 11.3. The summed E-state index contributed by atoms with van der Waals surface area (Å²) in [7, 11) is 4.50. The number of amides is 1. The first kappa shape index (κ1) is 24.1. The Kier molecular flexibility index (Phi) is 8.01. The molecule has 34 heavy (non-hydrogen) atoms. The molecule has 3 aromatic carbocycles. The summed E-state index contributed by atoms with van der Waals surface area (Å²) in [4.78, 5) is 22.7. The normalized spacial score (nSPS) is 10.6. The molecule has 0 heterocycles. The van der Waals surface area contributed by atoms with Crippen LogP contribution in [0.4, 0.5) is 5.69 Å². The van der Waals surface area contributed by atoms with E-state index in [1.165, 1.54) is 39.7 Å². The number of hydrazone groups is 1. The van der Waals surface area contributed by atoms with E-state index in [1.807, 2.05) is 0 Å². The molecular formula is C24H23N3O7. The number of carbonyl (C=O) groups excluding carboxylic acids is 1. The number of benzene rings is 3. The number of ether oxygens (including phenoxy) is 4.